The van der Waals surface area contributed by atoms with Crippen molar-refractivity contribution in [3.8, 4) is 0 Å². The van der Waals surface area contributed by atoms with Crippen LogP contribution in [0.3, 0.4) is 0 Å². The summed E-state index contributed by atoms with van der Waals surface area (Å²) in [7, 11) is 0. The summed E-state index contributed by atoms with van der Waals surface area (Å²) < 4.78 is 14.5. The van der Waals surface area contributed by atoms with E-state index < -0.39 is 0 Å². The number of aliphatic hydroxyl groups excluding tert-OH is 1. The Labute approximate surface area is 156 Å². The summed E-state index contributed by atoms with van der Waals surface area (Å²) in [6.07, 6.45) is 2.47. The fourth-order valence-corrected chi connectivity index (χ4v) is 1.65. The number of hydrogen-bond donors (Lipinski definition) is 1. The Morgan fingerprint density at radius 1 is 0.962 bits per heavy atom. The van der Waals surface area contributed by atoms with Crippen LogP contribution in [-0.2, 0) is 28.6 Å². The lowest BCUT2D eigenvalue weighted by Crippen LogP contribution is -2.45. The maximum Gasteiger partial charge on any atom is 0.140 e. The highest BCUT2D eigenvalue weighted by atomic mass is 16.5. The summed E-state index contributed by atoms with van der Waals surface area (Å²) in [5, 5.41) is 8.57. The number of ether oxygens (including phenoxy) is 3. The third kappa shape index (κ3) is 8.49. The van der Waals surface area contributed by atoms with Gasteiger partial charge in [-0.05, 0) is 20.8 Å². The van der Waals surface area contributed by atoms with E-state index in [4.69, 9.17) is 19.3 Å². The van der Waals surface area contributed by atoms with Gasteiger partial charge in [-0.3, -0.25) is 4.79 Å². The SMILES string of the molecule is CC(=O)C1(C)COC1.CC1(C=O)COC1.CC1(CO)COC1.CCC=O. The minimum Gasteiger partial charge on any atom is -0.396 e. The van der Waals surface area contributed by atoms with Crippen LogP contribution in [-0.4, -0.2) is 69.7 Å². The van der Waals surface area contributed by atoms with Crippen molar-refractivity contribution in [2.24, 2.45) is 16.2 Å². The molecule has 1 N–H and O–H groups in total. The van der Waals surface area contributed by atoms with Crippen molar-refractivity contribution in [1.82, 2.24) is 0 Å². The van der Waals surface area contributed by atoms with Crippen molar-refractivity contribution in [1.29, 1.82) is 0 Å². The molecule has 152 valence electrons. The molecule has 3 fully saturated rings. The van der Waals surface area contributed by atoms with Crippen LogP contribution in [0.1, 0.15) is 41.0 Å². The van der Waals surface area contributed by atoms with E-state index in [2.05, 4.69) is 0 Å². The molecule has 0 spiro atoms. The first-order valence-corrected chi connectivity index (χ1v) is 8.85. The zero-order valence-corrected chi connectivity index (χ0v) is 16.7. The Morgan fingerprint density at radius 3 is 1.38 bits per heavy atom. The molecule has 3 aliphatic rings. The van der Waals surface area contributed by atoms with Crippen LogP contribution in [0.4, 0.5) is 0 Å². The van der Waals surface area contributed by atoms with E-state index in [-0.39, 0.29) is 28.6 Å². The van der Waals surface area contributed by atoms with E-state index in [1.54, 1.807) is 6.92 Å². The van der Waals surface area contributed by atoms with E-state index >= 15 is 0 Å². The molecule has 0 aromatic carbocycles. The van der Waals surface area contributed by atoms with Gasteiger partial charge in [0.15, 0.2) is 0 Å². The normalized spacial score (nSPS) is 22.5. The summed E-state index contributed by atoms with van der Waals surface area (Å²) in [5.74, 6) is 0.240. The van der Waals surface area contributed by atoms with E-state index in [9.17, 15) is 14.4 Å². The first-order valence-electron chi connectivity index (χ1n) is 8.85. The molecule has 0 unspecified atom stereocenters. The van der Waals surface area contributed by atoms with Crippen molar-refractivity contribution in [3.05, 3.63) is 0 Å². The summed E-state index contributed by atoms with van der Waals surface area (Å²) in [4.78, 5) is 29.9. The van der Waals surface area contributed by atoms with Crippen LogP contribution < -0.4 is 0 Å². The van der Waals surface area contributed by atoms with Crippen LogP contribution in [0.25, 0.3) is 0 Å². The molecule has 3 aliphatic heterocycles. The number of rotatable bonds is 4. The number of aliphatic hydroxyl groups is 1. The van der Waals surface area contributed by atoms with Crippen LogP contribution in [0.15, 0.2) is 0 Å². The minimum absolute atomic E-state index is 0.0972. The van der Waals surface area contributed by atoms with Gasteiger partial charge in [0.05, 0.1) is 57.1 Å². The molecule has 3 heterocycles. The third-order valence-electron chi connectivity index (χ3n) is 4.29. The summed E-state index contributed by atoms with van der Waals surface area (Å²) in [6, 6.07) is 0. The Morgan fingerprint density at radius 2 is 1.38 bits per heavy atom. The van der Waals surface area contributed by atoms with Gasteiger partial charge in [0.25, 0.3) is 0 Å². The molecular weight excluding hydrogens is 340 g/mol. The number of Topliss-reactive ketones (excluding diaryl/α,β-unsaturated/α-hetero) is 1. The molecular formula is C19H34O7. The van der Waals surface area contributed by atoms with Crippen molar-refractivity contribution in [3.63, 3.8) is 0 Å². The fraction of sp³-hybridized carbons (Fsp3) is 0.842. The highest BCUT2D eigenvalue weighted by Gasteiger charge is 2.37. The molecule has 0 atom stereocenters. The number of carbonyl (C=O) groups excluding carboxylic acids is 3. The van der Waals surface area contributed by atoms with Crippen LogP contribution in [0, 0.1) is 16.2 Å². The van der Waals surface area contributed by atoms with Gasteiger partial charge in [0, 0.05) is 11.8 Å². The number of carbonyl (C=O) groups is 3. The van der Waals surface area contributed by atoms with E-state index in [1.807, 2.05) is 27.7 Å². The average Bonchev–Trinajstić information content (AvgIpc) is 2.56. The van der Waals surface area contributed by atoms with E-state index in [0.29, 0.717) is 32.8 Å². The Kier molecular flexibility index (Phi) is 11.0. The van der Waals surface area contributed by atoms with Gasteiger partial charge in [-0.2, -0.15) is 0 Å². The lowest BCUT2D eigenvalue weighted by Gasteiger charge is -2.35. The van der Waals surface area contributed by atoms with Crippen LogP contribution >= 0.6 is 0 Å². The van der Waals surface area contributed by atoms with E-state index in [0.717, 1.165) is 25.8 Å². The molecule has 0 aromatic rings. The molecule has 0 amide bonds. The molecule has 0 bridgehead atoms. The maximum atomic E-state index is 10.7. The highest BCUT2D eigenvalue weighted by molar-refractivity contribution is 5.82. The predicted molar refractivity (Wildman–Crippen MR) is 97.0 cm³/mol. The van der Waals surface area contributed by atoms with Crippen molar-refractivity contribution >= 4 is 18.4 Å². The van der Waals surface area contributed by atoms with Crippen LogP contribution in [0.2, 0.25) is 0 Å². The van der Waals surface area contributed by atoms with Crippen molar-refractivity contribution < 1.29 is 33.7 Å². The summed E-state index contributed by atoms with van der Waals surface area (Å²) in [5.41, 5.74) is -0.181. The number of ketones is 1. The van der Waals surface area contributed by atoms with Crippen molar-refractivity contribution in [2.75, 3.05) is 46.2 Å². The number of hydrogen-bond acceptors (Lipinski definition) is 7. The lowest BCUT2D eigenvalue weighted by atomic mass is 9.85. The Bertz CT molecular complexity index is 430. The lowest BCUT2D eigenvalue weighted by molar-refractivity contribution is -0.152. The zero-order valence-electron chi connectivity index (χ0n) is 16.7. The molecule has 0 aromatic heterocycles. The highest BCUT2D eigenvalue weighted by Crippen LogP contribution is 2.27. The first kappa shape index (κ1) is 24.8. The third-order valence-corrected chi connectivity index (χ3v) is 4.29. The summed E-state index contributed by atoms with van der Waals surface area (Å²) >= 11 is 0. The van der Waals surface area contributed by atoms with Gasteiger partial charge in [-0.1, -0.05) is 13.8 Å². The smallest absolute Gasteiger partial charge is 0.140 e. The van der Waals surface area contributed by atoms with Crippen molar-refractivity contribution in [2.45, 2.75) is 41.0 Å². The van der Waals surface area contributed by atoms with Crippen LogP contribution in [0.5, 0.6) is 0 Å². The average molecular weight is 374 g/mol. The molecule has 3 rings (SSSR count). The second kappa shape index (κ2) is 11.5. The van der Waals surface area contributed by atoms with E-state index in [1.165, 1.54) is 0 Å². The molecule has 26 heavy (non-hydrogen) atoms. The minimum atomic E-state index is -0.139. The topological polar surface area (TPSA) is 99.1 Å². The van der Waals surface area contributed by atoms with Gasteiger partial charge in [-0.15, -0.1) is 0 Å². The fourth-order valence-electron chi connectivity index (χ4n) is 1.65. The Balaban J connectivity index is 0.000000329. The van der Waals surface area contributed by atoms with Gasteiger partial charge in [0.2, 0.25) is 0 Å². The van der Waals surface area contributed by atoms with Gasteiger partial charge >= 0.3 is 0 Å². The van der Waals surface area contributed by atoms with Gasteiger partial charge < -0.3 is 28.9 Å². The molecule has 0 aliphatic carbocycles. The molecule has 0 radical (unpaired) electrons. The maximum absolute atomic E-state index is 10.7. The largest absolute Gasteiger partial charge is 0.396 e. The monoisotopic (exact) mass is 374 g/mol. The molecule has 3 saturated heterocycles. The molecule has 0 saturated carbocycles. The zero-order chi connectivity index (χ0) is 20.3. The number of aldehydes is 2. The molecule has 7 nitrogen and oxygen atoms in total. The van der Waals surface area contributed by atoms with Gasteiger partial charge in [-0.25, -0.2) is 0 Å². The second-order valence-electron chi connectivity index (χ2n) is 7.91. The Hall–Kier alpha value is -1.15. The second-order valence-corrected chi connectivity index (χ2v) is 7.91. The summed E-state index contributed by atoms with van der Waals surface area (Å²) in [6.45, 7) is 13.4. The first-order chi connectivity index (χ1) is 12.1. The molecule has 7 heteroatoms. The quantitative estimate of drug-likeness (QED) is 0.743. The standard InChI is InChI=1S/C6H10O2.C5H10O2.C5H8O2.C3H6O/c1-5(7)6(2)3-8-4-6;2*1-5(2-6)3-7-4-5;1-2-3-4/h3-4H2,1-2H3;6H,2-4H2,1H3;2H,3-4H2,1H3;3H,2H2,1H3. The van der Waals surface area contributed by atoms with Gasteiger partial charge in [0.1, 0.15) is 18.4 Å². The predicted octanol–water partition coefficient (Wildman–Crippen LogP) is 1.44.